The monoisotopic (exact) mass is 458 g/mol. The number of rotatable bonds is 5. The smallest absolute Gasteiger partial charge is 0.257 e. The van der Waals surface area contributed by atoms with E-state index in [0.29, 0.717) is 44.0 Å². The van der Waals surface area contributed by atoms with E-state index in [9.17, 15) is 9.59 Å². The van der Waals surface area contributed by atoms with Crippen LogP contribution in [0, 0.1) is 0 Å². The fourth-order valence-corrected chi connectivity index (χ4v) is 4.67. The standard InChI is InChI=1S/C26H30N6O2/c33-24(30-12-5-2-6-13-30)20-29-14-16-31(17-15-29)26(34)23-19-32(22-9-3-1-4-10-22)28-25(23)21-8-7-11-27-18-21/h1,3-4,7-11,18-19H,2,5-6,12-17,20H2. The highest BCUT2D eigenvalue weighted by molar-refractivity contribution is 6.00. The van der Waals surface area contributed by atoms with Crippen LogP contribution in [0.25, 0.3) is 16.9 Å². The van der Waals surface area contributed by atoms with Gasteiger partial charge in [0.05, 0.1) is 17.8 Å². The third-order valence-electron chi connectivity index (χ3n) is 6.63. The summed E-state index contributed by atoms with van der Waals surface area (Å²) in [5.74, 6) is 0.172. The lowest BCUT2D eigenvalue weighted by Gasteiger charge is -2.36. The molecule has 3 aromatic rings. The number of pyridine rings is 1. The normalized spacial score (nSPS) is 17.1. The first-order valence-corrected chi connectivity index (χ1v) is 12.0. The number of aromatic nitrogens is 3. The van der Waals surface area contributed by atoms with Gasteiger partial charge in [-0.2, -0.15) is 5.10 Å². The number of hydrogen-bond acceptors (Lipinski definition) is 5. The molecule has 2 saturated heterocycles. The summed E-state index contributed by atoms with van der Waals surface area (Å²) in [5.41, 5.74) is 2.90. The van der Waals surface area contributed by atoms with Gasteiger partial charge in [-0.1, -0.05) is 18.2 Å². The zero-order chi connectivity index (χ0) is 23.3. The molecule has 2 aromatic heterocycles. The minimum absolute atomic E-state index is 0.0389. The lowest BCUT2D eigenvalue weighted by atomic mass is 10.1. The van der Waals surface area contributed by atoms with E-state index in [2.05, 4.69) is 9.88 Å². The van der Waals surface area contributed by atoms with Gasteiger partial charge in [-0.3, -0.25) is 19.5 Å². The average molecular weight is 459 g/mol. The Bertz CT molecular complexity index is 1120. The molecule has 34 heavy (non-hydrogen) atoms. The van der Waals surface area contributed by atoms with Crippen molar-refractivity contribution < 1.29 is 9.59 Å². The number of benzene rings is 1. The molecule has 0 aliphatic carbocycles. The minimum Gasteiger partial charge on any atom is -0.342 e. The fourth-order valence-electron chi connectivity index (χ4n) is 4.67. The Hall–Kier alpha value is -3.52. The number of piperazine rings is 1. The van der Waals surface area contributed by atoms with Gasteiger partial charge in [0, 0.05) is 63.4 Å². The number of hydrogen-bond donors (Lipinski definition) is 0. The largest absolute Gasteiger partial charge is 0.342 e. The van der Waals surface area contributed by atoms with Crippen molar-refractivity contribution in [2.75, 3.05) is 45.8 Å². The number of likely N-dealkylation sites (tertiary alicyclic amines) is 1. The van der Waals surface area contributed by atoms with Gasteiger partial charge >= 0.3 is 0 Å². The van der Waals surface area contributed by atoms with Crippen LogP contribution in [0.5, 0.6) is 0 Å². The lowest BCUT2D eigenvalue weighted by Crippen LogP contribution is -2.52. The third-order valence-corrected chi connectivity index (χ3v) is 6.63. The molecular weight excluding hydrogens is 428 g/mol. The van der Waals surface area contributed by atoms with Crippen LogP contribution in [0.3, 0.4) is 0 Å². The van der Waals surface area contributed by atoms with Crippen LogP contribution in [0.15, 0.2) is 61.1 Å². The SMILES string of the molecule is O=C(CN1CCN(C(=O)c2cn(-c3ccccc3)nc2-c2cccnc2)CC1)N1CCCCC1. The van der Waals surface area contributed by atoms with E-state index >= 15 is 0 Å². The van der Waals surface area contributed by atoms with Crippen LogP contribution in [0.1, 0.15) is 29.6 Å². The molecule has 0 saturated carbocycles. The van der Waals surface area contributed by atoms with Crippen LogP contribution < -0.4 is 0 Å². The molecule has 0 unspecified atom stereocenters. The van der Waals surface area contributed by atoms with E-state index in [1.165, 1.54) is 6.42 Å². The van der Waals surface area contributed by atoms with E-state index in [1.54, 1.807) is 17.1 Å². The first-order valence-electron chi connectivity index (χ1n) is 12.0. The summed E-state index contributed by atoms with van der Waals surface area (Å²) in [4.78, 5) is 36.4. The molecule has 2 amide bonds. The maximum atomic E-state index is 13.6. The van der Waals surface area contributed by atoms with Crippen molar-refractivity contribution in [3.05, 3.63) is 66.6 Å². The van der Waals surface area contributed by atoms with Crippen molar-refractivity contribution in [2.45, 2.75) is 19.3 Å². The Morgan fingerprint density at radius 1 is 0.824 bits per heavy atom. The number of para-hydroxylation sites is 1. The topological polar surface area (TPSA) is 74.6 Å². The van der Waals surface area contributed by atoms with E-state index < -0.39 is 0 Å². The summed E-state index contributed by atoms with van der Waals surface area (Å²) >= 11 is 0. The highest BCUT2D eigenvalue weighted by Crippen LogP contribution is 2.25. The molecule has 8 heteroatoms. The fraction of sp³-hybridized carbons (Fsp3) is 0.385. The van der Waals surface area contributed by atoms with Gasteiger partial charge in [0.15, 0.2) is 0 Å². The summed E-state index contributed by atoms with van der Waals surface area (Å²) in [6, 6.07) is 13.6. The van der Waals surface area contributed by atoms with Crippen LogP contribution in [0.4, 0.5) is 0 Å². The predicted molar refractivity (Wildman–Crippen MR) is 130 cm³/mol. The summed E-state index contributed by atoms with van der Waals surface area (Å²) in [5, 5.41) is 4.74. The molecule has 4 heterocycles. The second-order valence-electron chi connectivity index (χ2n) is 8.92. The quantitative estimate of drug-likeness (QED) is 0.588. The van der Waals surface area contributed by atoms with E-state index in [4.69, 9.17) is 5.10 Å². The van der Waals surface area contributed by atoms with Crippen molar-refractivity contribution in [2.24, 2.45) is 0 Å². The van der Waals surface area contributed by atoms with Gasteiger partial charge in [-0.05, 0) is 43.5 Å². The summed E-state index contributed by atoms with van der Waals surface area (Å²) in [6.45, 7) is 4.76. The summed E-state index contributed by atoms with van der Waals surface area (Å²) in [6.07, 6.45) is 8.68. The molecule has 0 radical (unpaired) electrons. The van der Waals surface area contributed by atoms with Gasteiger partial charge in [0.1, 0.15) is 5.69 Å². The first kappa shape index (κ1) is 22.3. The van der Waals surface area contributed by atoms with Crippen molar-refractivity contribution in [3.63, 3.8) is 0 Å². The average Bonchev–Trinajstić information content (AvgIpc) is 3.36. The maximum Gasteiger partial charge on any atom is 0.257 e. The molecule has 0 spiro atoms. The molecule has 2 aliphatic rings. The zero-order valence-electron chi connectivity index (χ0n) is 19.3. The summed E-state index contributed by atoms with van der Waals surface area (Å²) < 4.78 is 1.75. The molecular formula is C26H30N6O2. The zero-order valence-corrected chi connectivity index (χ0v) is 19.3. The Balaban J connectivity index is 1.30. The Morgan fingerprint density at radius 2 is 1.59 bits per heavy atom. The summed E-state index contributed by atoms with van der Waals surface area (Å²) in [7, 11) is 0. The van der Waals surface area contributed by atoms with Gasteiger partial charge in [-0.15, -0.1) is 0 Å². The lowest BCUT2D eigenvalue weighted by molar-refractivity contribution is -0.133. The van der Waals surface area contributed by atoms with Crippen LogP contribution in [-0.4, -0.2) is 87.1 Å². The van der Waals surface area contributed by atoms with Crippen LogP contribution in [-0.2, 0) is 4.79 Å². The third kappa shape index (κ3) is 4.87. The minimum atomic E-state index is -0.0389. The van der Waals surface area contributed by atoms with Crippen molar-refractivity contribution in [1.82, 2.24) is 29.5 Å². The molecule has 0 bridgehead atoms. The van der Waals surface area contributed by atoms with Crippen molar-refractivity contribution >= 4 is 11.8 Å². The van der Waals surface area contributed by atoms with Crippen LogP contribution in [0.2, 0.25) is 0 Å². The number of carbonyl (C=O) groups excluding carboxylic acids is 2. The molecule has 0 atom stereocenters. The molecule has 2 fully saturated rings. The van der Waals surface area contributed by atoms with Crippen molar-refractivity contribution in [1.29, 1.82) is 0 Å². The molecule has 5 rings (SSSR count). The Kier molecular flexibility index (Phi) is 6.67. The van der Waals surface area contributed by atoms with Gasteiger partial charge in [0.2, 0.25) is 5.91 Å². The molecule has 1 aromatic carbocycles. The van der Waals surface area contributed by atoms with Crippen LogP contribution >= 0.6 is 0 Å². The molecule has 8 nitrogen and oxygen atoms in total. The van der Waals surface area contributed by atoms with E-state index in [1.807, 2.05) is 58.5 Å². The van der Waals surface area contributed by atoms with Gasteiger partial charge in [-0.25, -0.2) is 4.68 Å². The highest BCUT2D eigenvalue weighted by atomic mass is 16.2. The Morgan fingerprint density at radius 3 is 2.29 bits per heavy atom. The number of nitrogens with zero attached hydrogens (tertiary/aromatic N) is 6. The molecule has 0 N–H and O–H groups in total. The molecule has 176 valence electrons. The van der Waals surface area contributed by atoms with E-state index in [0.717, 1.165) is 37.2 Å². The second-order valence-corrected chi connectivity index (χ2v) is 8.92. The number of carbonyl (C=O) groups is 2. The predicted octanol–water partition coefficient (Wildman–Crippen LogP) is 2.70. The molecule has 2 aliphatic heterocycles. The van der Waals surface area contributed by atoms with Gasteiger partial charge < -0.3 is 9.80 Å². The van der Waals surface area contributed by atoms with Crippen molar-refractivity contribution in [3.8, 4) is 16.9 Å². The Labute approximate surface area is 199 Å². The van der Waals surface area contributed by atoms with E-state index in [-0.39, 0.29) is 11.8 Å². The van der Waals surface area contributed by atoms with Gasteiger partial charge in [0.25, 0.3) is 5.91 Å². The number of piperidine rings is 1. The maximum absolute atomic E-state index is 13.6. The number of amides is 2. The highest BCUT2D eigenvalue weighted by Gasteiger charge is 2.28. The first-order chi connectivity index (χ1) is 16.7. The second kappa shape index (κ2) is 10.2.